The highest BCUT2D eigenvalue weighted by Crippen LogP contribution is 2.09. The molecule has 1 N–H and O–H groups in total. The zero-order valence-electron chi connectivity index (χ0n) is 9.66. The topological polar surface area (TPSA) is 42.0 Å². The molecule has 19 heavy (non-hydrogen) atoms. The van der Waals surface area contributed by atoms with Gasteiger partial charge < -0.3 is 5.32 Å². The molecule has 0 aliphatic heterocycles. The lowest BCUT2D eigenvalue weighted by molar-refractivity contribution is 0.0944. The maximum atomic E-state index is 13.3. The van der Waals surface area contributed by atoms with Crippen molar-refractivity contribution in [2.24, 2.45) is 0 Å². The van der Waals surface area contributed by atoms with E-state index >= 15 is 0 Å². The molecule has 0 aliphatic carbocycles. The third-order valence-corrected chi connectivity index (χ3v) is 2.39. The molecule has 1 heterocycles. The van der Waals surface area contributed by atoms with E-state index in [2.05, 4.69) is 10.3 Å². The summed E-state index contributed by atoms with van der Waals surface area (Å²) in [6.45, 7) is -0.208. The Labute approximate surface area is 107 Å². The van der Waals surface area contributed by atoms with Crippen LogP contribution in [0.25, 0.3) is 0 Å². The van der Waals surface area contributed by atoms with Crippen LogP contribution in [0.5, 0.6) is 0 Å². The number of amides is 1. The van der Waals surface area contributed by atoms with E-state index in [-0.39, 0.29) is 17.8 Å². The molecular weight excluding hydrogens is 257 g/mol. The summed E-state index contributed by atoms with van der Waals surface area (Å²) in [4.78, 5) is 15.0. The molecule has 1 aromatic carbocycles. The van der Waals surface area contributed by atoms with Crippen LogP contribution in [0.3, 0.4) is 0 Å². The maximum Gasteiger partial charge on any atom is 0.270 e. The summed E-state index contributed by atoms with van der Waals surface area (Å²) in [5.74, 6) is -2.68. The first kappa shape index (κ1) is 13.1. The van der Waals surface area contributed by atoms with Gasteiger partial charge in [-0.2, -0.15) is 4.39 Å². The lowest BCUT2D eigenvalue weighted by Gasteiger charge is -2.06. The normalized spacial score (nSPS) is 10.3. The number of carbonyl (C=O) groups excluding carboxylic acids is 1. The molecule has 2 aromatic rings. The monoisotopic (exact) mass is 266 g/mol. The van der Waals surface area contributed by atoms with Gasteiger partial charge in [-0.3, -0.25) is 4.79 Å². The van der Waals surface area contributed by atoms with E-state index in [0.717, 1.165) is 24.3 Å². The van der Waals surface area contributed by atoms with E-state index in [4.69, 9.17) is 0 Å². The second kappa shape index (κ2) is 5.51. The molecular formula is C13H9F3N2O. The third kappa shape index (κ3) is 3.31. The van der Waals surface area contributed by atoms with E-state index in [1.54, 1.807) is 0 Å². The van der Waals surface area contributed by atoms with Gasteiger partial charge in [0.05, 0.1) is 0 Å². The zero-order valence-corrected chi connectivity index (χ0v) is 9.66. The molecule has 0 bridgehead atoms. The van der Waals surface area contributed by atoms with Crippen LogP contribution in [0.4, 0.5) is 13.2 Å². The van der Waals surface area contributed by atoms with Gasteiger partial charge in [-0.25, -0.2) is 13.8 Å². The molecule has 6 heteroatoms. The zero-order chi connectivity index (χ0) is 13.8. The summed E-state index contributed by atoms with van der Waals surface area (Å²) >= 11 is 0. The van der Waals surface area contributed by atoms with E-state index in [0.29, 0.717) is 0 Å². The molecule has 1 amide bonds. The fraction of sp³-hybridized carbons (Fsp3) is 0.0769. The molecule has 0 atom stereocenters. The molecule has 0 saturated heterocycles. The van der Waals surface area contributed by atoms with Crippen molar-refractivity contribution in [2.45, 2.75) is 6.54 Å². The van der Waals surface area contributed by atoms with Crippen LogP contribution in [0.15, 0.2) is 36.4 Å². The van der Waals surface area contributed by atoms with Crippen LogP contribution in [-0.2, 0) is 6.54 Å². The predicted octanol–water partition coefficient (Wildman–Crippen LogP) is 2.43. The standard InChI is InChI=1S/C13H9F3N2O/c14-9-4-5-10(15)8(6-9)7-17-13(19)11-2-1-3-12(16)18-11/h1-6H,7H2,(H,17,19). The van der Waals surface area contributed by atoms with E-state index < -0.39 is 23.5 Å². The Bertz CT molecular complexity index is 617. The number of hydrogen-bond acceptors (Lipinski definition) is 2. The number of carbonyl (C=O) groups is 1. The molecule has 0 saturated carbocycles. The summed E-state index contributed by atoms with van der Waals surface area (Å²) in [5.41, 5.74) is -0.124. The summed E-state index contributed by atoms with van der Waals surface area (Å²) in [6.07, 6.45) is 0. The van der Waals surface area contributed by atoms with Crippen LogP contribution in [0.1, 0.15) is 16.1 Å². The van der Waals surface area contributed by atoms with Gasteiger partial charge in [0.25, 0.3) is 5.91 Å². The van der Waals surface area contributed by atoms with Crippen molar-refractivity contribution in [3.05, 3.63) is 65.2 Å². The van der Waals surface area contributed by atoms with E-state index in [9.17, 15) is 18.0 Å². The van der Waals surface area contributed by atoms with Crippen LogP contribution < -0.4 is 5.32 Å². The minimum absolute atomic E-state index is 0.00440. The largest absolute Gasteiger partial charge is 0.347 e. The number of nitrogens with one attached hydrogen (secondary N) is 1. The van der Waals surface area contributed by atoms with Crippen molar-refractivity contribution in [1.82, 2.24) is 10.3 Å². The Balaban J connectivity index is 2.06. The third-order valence-electron chi connectivity index (χ3n) is 2.39. The molecule has 98 valence electrons. The quantitative estimate of drug-likeness (QED) is 0.867. The lowest BCUT2D eigenvalue weighted by atomic mass is 10.2. The summed E-state index contributed by atoms with van der Waals surface area (Å²) in [5, 5.41) is 2.34. The number of hydrogen-bond donors (Lipinski definition) is 1. The van der Waals surface area contributed by atoms with Gasteiger partial charge in [0.1, 0.15) is 17.3 Å². The minimum Gasteiger partial charge on any atom is -0.347 e. The number of rotatable bonds is 3. The van der Waals surface area contributed by atoms with Gasteiger partial charge in [-0.15, -0.1) is 0 Å². The van der Waals surface area contributed by atoms with Crippen LogP contribution >= 0.6 is 0 Å². The lowest BCUT2D eigenvalue weighted by Crippen LogP contribution is -2.24. The number of nitrogens with zero attached hydrogens (tertiary/aromatic N) is 1. The van der Waals surface area contributed by atoms with Gasteiger partial charge in [0.15, 0.2) is 0 Å². The Hall–Kier alpha value is -2.37. The minimum atomic E-state index is -0.787. The smallest absolute Gasteiger partial charge is 0.270 e. The van der Waals surface area contributed by atoms with Crippen LogP contribution in [0.2, 0.25) is 0 Å². The highest BCUT2D eigenvalue weighted by atomic mass is 19.1. The van der Waals surface area contributed by atoms with Crippen molar-refractivity contribution < 1.29 is 18.0 Å². The summed E-state index contributed by atoms with van der Waals surface area (Å²) < 4.78 is 39.0. The molecule has 0 spiro atoms. The number of aromatic nitrogens is 1. The first-order valence-electron chi connectivity index (χ1n) is 5.41. The Morgan fingerprint density at radius 1 is 1.16 bits per heavy atom. The molecule has 0 unspecified atom stereocenters. The van der Waals surface area contributed by atoms with Crippen molar-refractivity contribution in [1.29, 1.82) is 0 Å². The SMILES string of the molecule is O=C(NCc1cc(F)ccc1F)c1cccc(F)n1. The van der Waals surface area contributed by atoms with E-state index in [1.807, 2.05) is 0 Å². The highest BCUT2D eigenvalue weighted by molar-refractivity contribution is 5.92. The van der Waals surface area contributed by atoms with Gasteiger partial charge in [-0.05, 0) is 30.3 Å². The molecule has 3 nitrogen and oxygen atoms in total. The maximum absolute atomic E-state index is 13.3. The van der Waals surface area contributed by atoms with Crippen molar-refractivity contribution >= 4 is 5.91 Å². The summed E-state index contributed by atoms with van der Waals surface area (Å²) in [6, 6.07) is 6.68. The Morgan fingerprint density at radius 3 is 2.68 bits per heavy atom. The van der Waals surface area contributed by atoms with E-state index in [1.165, 1.54) is 12.1 Å². The van der Waals surface area contributed by atoms with Gasteiger partial charge >= 0.3 is 0 Å². The molecule has 2 rings (SSSR count). The Kier molecular flexibility index (Phi) is 3.79. The van der Waals surface area contributed by atoms with Crippen LogP contribution in [-0.4, -0.2) is 10.9 Å². The average Bonchev–Trinajstić information content (AvgIpc) is 2.39. The molecule has 0 radical (unpaired) electrons. The van der Waals surface area contributed by atoms with Crippen molar-refractivity contribution in [3.8, 4) is 0 Å². The van der Waals surface area contributed by atoms with Crippen molar-refractivity contribution in [2.75, 3.05) is 0 Å². The first-order chi connectivity index (χ1) is 9.06. The predicted molar refractivity (Wildman–Crippen MR) is 61.7 cm³/mol. The Morgan fingerprint density at radius 2 is 1.95 bits per heavy atom. The number of halogens is 3. The van der Waals surface area contributed by atoms with Crippen molar-refractivity contribution in [3.63, 3.8) is 0 Å². The first-order valence-corrected chi connectivity index (χ1v) is 5.41. The van der Waals surface area contributed by atoms with Gasteiger partial charge in [0.2, 0.25) is 5.95 Å². The van der Waals surface area contributed by atoms with Crippen LogP contribution in [0, 0.1) is 17.6 Å². The van der Waals surface area contributed by atoms with Gasteiger partial charge in [-0.1, -0.05) is 6.07 Å². The fourth-order valence-electron chi connectivity index (χ4n) is 1.48. The number of pyridine rings is 1. The second-order valence-electron chi connectivity index (χ2n) is 3.76. The fourth-order valence-corrected chi connectivity index (χ4v) is 1.48. The summed E-state index contributed by atoms with van der Waals surface area (Å²) in [7, 11) is 0. The number of benzene rings is 1. The highest BCUT2D eigenvalue weighted by Gasteiger charge is 2.10. The van der Waals surface area contributed by atoms with Gasteiger partial charge in [0, 0.05) is 12.1 Å². The average molecular weight is 266 g/mol. The molecule has 0 fully saturated rings. The molecule has 1 aromatic heterocycles. The molecule has 0 aliphatic rings. The second-order valence-corrected chi connectivity index (χ2v) is 3.76.